The number of benzene rings is 1. The molecule has 0 saturated heterocycles. The maximum atomic E-state index is 12.7. The summed E-state index contributed by atoms with van der Waals surface area (Å²) in [5, 5.41) is 0. The standard InChI is InChI=1S/C23H26N2O6/c1-5-28-18-10-16(11-19(29-6-2)22(18)30-7-3)23(27)31-14-17-12-21(26)25-13-15(4)8-9-20(25)24-17/h8-13H,5-7,14H2,1-4H3. The predicted molar refractivity (Wildman–Crippen MR) is 115 cm³/mol. The van der Waals surface area contributed by atoms with Gasteiger partial charge in [0.05, 0.1) is 31.1 Å². The first-order valence-electron chi connectivity index (χ1n) is 10.2. The molecule has 0 atom stereocenters. The molecule has 0 saturated carbocycles. The summed E-state index contributed by atoms with van der Waals surface area (Å²) in [6.07, 6.45) is 1.71. The molecule has 0 aliphatic heterocycles. The molecule has 0 amide bonds. The smallest absolute Gasteiger partial charge is 0.338 e. The van der Waals surface area contributed by atoms with Gasteiger partial charge in [-0.15, -0.1) is 0 Å². The molecule has 31 heavy (non-hydrogen) atoms. The van der Waals surface area contributed by atoms with Crippen molar-refractivity contribution in [2.75, 3.05) is 19.8 Å². The lowest BCUT2D eigenvalue weighted by Gasteiger charge is -2.16. The topological polar surface area (TPSA) is 88.4 Å². The highest BCUT2D eigenvalue weighted by atomic mass is 16.5. The fourth-order valence-corrected chi connectivity index (χ4v) is 3.06. The molecule has 2 aromatic heterocycles. The van der Waals surface area contributed by atoms with Crippen LogP contribution in [0.25, 0.3) is 5.65 Å². The Hall–Kier alpha value is -3.55. The van der Waals surface area contributed by atoms with Crippen LogP contribution in [-0.4, -0.2) is 35.2 Å². The minimum absolute atomic E-state index is 0.139. The van der Waals surface area contributed by atoms with Crippen LogP contribution in [0.3, 0.4) is 0 Å². The maximum absolute atomic E-state index is 12.7. The molecule has 0 aliphatic carbocycles. The quantitative estimate of drug-likeness (QED) is 0.484. The van der Waals surface area contributed by atoms with E-state index >= 15 is 0 Å². The molecule has 1 aromatic carbocycles. The van der Waals surface area contributed by atoms with Crippen molar-refractivity contribution in [2.24, 2.45) is 0 Å². The monoisotopic (exact) mass is 426 g/mol. The summed E-state index contributed by atoms with van der Waals surface area (Å²) in [6, 6.07) is 8.09. The third-order valence-corrected chi connectivity index (χ3v) is 4.36. The van der Waals surface area contributed by atoms with Gasteiger partial charge >= 0.3 is 5.97 Å². The summed E-state index contributed by atoms with van der Waals surface area (Å²) in [5.74, 6) is 0.664. The average molecular weight is 426 g/mol. The molecule has 8 heteroatoms. The van der Waals surface area contributed by atoms with Crippen molar-refractivity contribution in [3.05, 3.63) is 63.7 Å². The summed E-state index contributed by atoms with van der Waals surface area (Å²) >= 11 is 0. The van der Waals surface area contributed by atoms with Gasteiger partial charge in [-0.3, -0.25) is 9.20 Å². The molecule has 164 valence electrons. The van der Waals surface area contributed by atoms with Crippen molar-refractivity contribution in [2.45, 2.75) is 34.3 Å². The first-order chi connectivity index (χ1) is 15.0. The molecule has 0 unspecified atom stereocenters. The molecular weight excluding hydrogens is 400 g/mol. The number of fused-ring (bicyclic) bond motifs is 1. The zero-order valence-electron chi connectivity index (χ0n) is 18.1. The first-order valence-corrected chi connectivity index (χ1v) is 10.2. The Morgan fingerprint density at radius 2 is 1.61 bits per heavy atom. The molecule has 0 radical (unpaired) electrons. The van der Waals surface area contributed by atoms with Crippen molar-refractivity contribution >= 4 is 11.6 Å². The van der Waals surface area contributed by atoms with E-state index in [-0.39, 0.29) is 17.7 Å². The maximum Gasteiger partial charge on any atom is 0.338 e. The second-order valence-electron chi connectivity index (χ2n) is 6.70. The normalized spacial score (nSPS) is 10.7. The molecule has 3 rings (SSSR count). The van der Waals surface area contributed by atoms with Gasteiger partial charge in [0.15, 0.2) is 11.5 Å². The third kappa shape index (κ3) is 5.14. The number of ether oxygens (including phenoxy) is 4. The van der Waals surface area contributed by atoms with Crippen molar-refractivity contribution in [3.63, 3.8) is 0 Å². The van der Waals surface area contributed by atoms with Gasteiger partial charge in [-0.25, -0.2) is 9.78 Å². The van der Waals surface area contributed by atoms with Crippen LogP contribution in [0.4, 0.5) is 0 Å². The minimum atomic E-state index is -0.587. The van der Waals surface area contributed by atoms with Crippen molar-refractivity contribution in [3.8, 4) is 17.2 Å². The van der Waals surface area contributed by atoms with E-state index in [1.54, 1.807) is 24.4 Å². The average Bonchev–Trinajstić information content (AvgIpc) is 2.75. The lowest BCUT2D eigenvalue weighted by Crippen LogP contribution is -2.17. The zero-order chi connectivity index (χ0) is 22.4. The number of nitrogens with zero attached hydrogens (tertiary/aromatic N) is 2. The van der Waals surface area contributed by atoms with Crippen LogP contribution >= 0.6 is 0 Å². The van der Waals surface area contributed by atoms with Crippen LogP contribution in [-0.2, 0) is 11.3 Å². The van der Waals surface area contributed by atoms with Gasteiger partial charge < -0.3 is 18.9 Å². The van der Waals surface area contributed by atoms with Crippen LogP contribution in [0.15, 0.2) is 41.3 Å². The Morgan fingerprint density at radius 1 is 0.968 bits per heavy atom. The van der Waals surface area contributed by atoms with E-state index in [0.717, 1.165) is 5.56 Å². The lowest BCUT2D eigenvalue weighted by atomic mass is 10.2. The molecule has 0 spiro atoms. The van der Waals surface area contributed by atoms with Crippen molar-refractivity contribution in [1.29, 1.82) is 0 Å². The number of carbonyl (C=O) groups excluding carboxylic acids is 1. The number of aryl methyl sites for hydroxylation is 1. The van der Waals surface area contributed by atoms with Gasteiger partial charge in [-0.2, -0.15) is 0 Å². The second kappa shape index (κ2) is 9.97. The molecule has 2 heterocycles. The Morgan fingerprint density at radius 3 is 2.23 bits per heavy atom. The fraction of sp³-hybridized carbons (Fsp3) is 0.348. The van der Waals surface area contributed by atoms with E-state index in [9.17, 15) is 9.59 Å². The minimum Gasteiger partial charge on any atom is -0.490 e. The van der Waals surface area contributed by atoms with Gasteiger partial charge in [0.1, 0.15) is 12.3 Å². The summed E-state index contributed by atoms with van der Waals surface area (Å²) in [6.45, 7) is 8.51. The van der Waals surface area contributed by atoms with Gasteiger partial charge in [0.2, 0.25) is 5.75 Å². The highest BCUT2D eigenvalue weighted by molar-refractivity contribution is 5.91. The predicted octanol–water partition coefficient (Wildman–Crippen LogP) is 3.56. The summed E-state index contributed by atoms with van der Waals surface area (Å²) in [4.78, 5) is 29.4. The second-order valence-corrected chi connectivity index (χ2v) is 6.70. The Kier molecular flexibility index (Phi) is 7.12. The molecule has 0 N–H and O–H groups in total. The summed E-state index contributed by atoms with van der Waals surface area (Å²) in [5.41, 5.74) is 1.81. The number of carbonyl (C=O) groups is 1. The zero-order valence-corrected chi connectivity index (χ0v) is 18.1. The van der Waals surface area contributed by atoms with E-state index in [0.29, 0.717) is 48.4 Å². The highest BCUT2D eigenvalue weighted by Gasteiger charge is 2.19. The summed E-state index contributed by atoms with van der Waals surface area (Å²) < 4.78 is 23.8. The fourth-order valence-electron chi connectivity index (χ4n) is 3.06. The van der Waals surface area contributed by atoms with Crippen LogP contribution in [0.1, 0.15) is 42.4 Å². The lowest BCUT2D eigenvalue weighted by molar-refractivity contribution is 0.0466. The molecule has 0 bridgehead atoms. The molecule has 3 aromatic rings. The molecule has 8 nitrogen and oxygen atoms in total. The SMILES string of the molecule is CCOc1cc(C(=O)OCc2cc(=O)n3cc(C)ccc3n2)cc(OCC)c1OCC. The number of esters is 1. The molecule has 0 fully saturated rings. The van der Waals surface area contributed by atoms with Gasteiger partial charge in [-0.1, -0.05) is 6.07 Å². The van der Waals surface area contributed by atoms with Crippen LogP contribution in [0.2, 0.25) is 0 Å². The van der Waals surface area contributed by atoms with Gasteiger partial charge in [0, 0.05) is 12.3 Å². The van der Waals surface area contributed by atoms with E-state index < -0.39 is 5.97 Å². The number of hydrogen-bond donors (Lipinski definition) is 0. The summed E-state index contributed by atoms with van der Waals surface area (Å²) in [7, 11) is 0. The number of rotatable bonds is 9. The van der Waals surface area contributed by atoms with Gasteiger partial charge in [-0.05, 0) is 51.5 Å². The van der Waals surface area contributed by atoms with Crippen molar-refractivity contribution < 1.29 is 23.7 Å². The van der Waals surface area contributed by atoms with Crippen LogP contribution in [0.5, 0.6) is 17.2 Å². The van der Waals surface area contributed by atoms with Crippen LogP contribution < -0.4 is 19.8 Å². The van der Waals surface area contributed by atoms with E-state index in [1.165, 1.54) is 10.5 Å². The Bertz CT molecular complexity index is 1110. The van der Waals surface area contributed by atoms with E-state index in [2.05, 4.69) is 4.98 Å². The Labute approximate surface area is 180 Å². The van der Waals surface area contributed by atoms with Crippen LogP contribution in [0, 0.1) is 6.92 Å². The largest absolute Gasteiger partial charge is 0.490 e. The highest BCUT2D eigenvalue weighted by Crippen LogP contribution is 2.39. The number of pyridine rings is 1. The van der Waals surface area contributed by atoms with E-state index in [1.807, 2.05) is 33.8 Å². The molecule has 0 aliphatic rings. The third-order valence-electron chi connectivity index (χ3n) is 4.36. The molecular formula is C23H26N2O6. The Balaban J connectivity index is 1.85. The first kappa shape index (κ1) is 22.1. The van der Waals surface area contributed by atoms with Crippen molar-refractivity contribution in [1.82, 2.24) is 9.38 Å². The number of aromatic nitrogens is 2. The van der Waals surface area contributed by atoms with E-state index in [4.69, 9.17) is 18.9 Å². The number of hydrogen-bond acceptors (Lipinski definition) is 7. The van der Waals surface area contributed by atoms with Gasteiger partial charge in [0.25, 0.3) is 5.56 Å².